The Morgan fingerprint density at radius 3 is 2.21 bits per heavy atom. The number of thiol groups is 1. The van der Waals surface area contributed by atoms with E-state index >= 15 is 0 Å². The van der Waals surface area contributed by atoms with Crippen molar-refractivity contribution in [2.45, 2.75) is 41.0 Å². The summed E-state index contributed by atoms with van der Waals surface area (Å²) >= 11 is 4.24. The summed E-state index contributed by atoms with van der Waals surface area (Å²) in [6, 6.07) is 0. The van der Waals surface area contributed by atoms with Gasteiger partial charge in [0.05, 0.1) is 0 Å². The summed E-state index contributed by atoms with van der Waals surface area (Å²) in [7, 11) is 0. The maximum absolute atomic E-state index is 4.63. The summed E-state index contributed by atoms with van der Waals surface area (Å²) in [4.78, 5) is 0. The van der Waals surface area contributed by atoms with Gasteiger partial charge in [0.15, 0.2) is 0 Å². The van der Waals surface area contributed by atoms with Crippen LogP contribution in [0.5, 0.6) is 0 Å². The van der Waals surface area contributed by atoms with E-state index in [1.807, 2.05) is 0 Å². The predicted octanol–water partition coefficient (Wildman–Crippen LogP) is 3.05. The topological polar surface area (TPSA) is 15.6 Å². The molecule has 0 bridgehead atoms. The third-order valence-corrected chi connectivity index (χ3v) is 2.42. The van der Waals surface area contributed by atoms with Crippen molar-refractivity contribution in [2.75, 3.05) is 18.8 Å². The Hall–Kier alpha value is -0.180. The lowest BCUT2D eigenvalue weighted by molar-refractivity contribution is 0.302. The smallest absolute Gasteiger partial charge is 0.0448 e. The van der Waals surface area contributed by atoms with Gasteiger partial charge in [0.1, 0.15) is 0 Å². The van der Waals surface area contributed by atoms with Crippen LogP contribution >= 0.6 is 12.6 Å². The van der Waals surface area contributed by atoms with E-state index in [4.69, 9.17) is 0 Å². The molecule has 0 saturated heterocycles. The van der Waals surface area contributed by atoms with E-state index in [0.29, 0.717) is 0 Å². The van der Waals surface area contributed by atoms with Gasteiger partial charge in [0.25, 0.3) is 0 Å². The molecule has 84 valence electrons. The molecule has 0 spiro atoms. The SMILES string of the molecule is CCCN(CCS)N=C(C)C(C)(C)C. The normalized spacial score (nSPS) is 13.1. The van der Waals surface area contributed by atoms with E-state index < -0.39 is 0 Å². The summed E-state index contributed by atoms with van der Waals surface area (Å²) in [5, 5.41) is 6.75. The van der Waals surface area contributed by atoms with Gasteiger partial charge in [-0.3, -0.25) is 5.01 Å². The van der Waals surface area contributed by atoms with Crippen LogP contribution in [0.2, 0.25) is 0 Å². The van der Waals surface area contributed by atoms with Gasteiger partial charge in [0.2, 0.25) is 0 Å². The van der Waals surface area contributed by atoms with Crippen molar-refractivity contribution in [1.82, 2.24) is 5.01 Å². The molecule has 0 unspecified atom stereocenters. The zero-order chi connectivity index (χ0) is 11.2. The standard InChI is InChI=1S/C11H24N2S/c1-6-7-13(8-9-14)12-10(2)11(3,4)5/h14H,6-9H2,1-5H3. The lowest BCUT2D eigenvalue weighted by Gasteiger charge is -2.24. The zero-order valence-corrected chi connectivity index (χ0v) is 11.1. The molecule has 0 saturated carbocycles. The molecule has 0 aliphatic rings. The lowest BCUT2D eigenvalue weighted by Crippen LogP contribution is -2.26. The van der Waals surface area contributed by atoms with Crippen LogP contribution in [-0.2, 0) is 0 Å². The highest BCUT2D eigenvalue weighted by atomic mass is 32.1. The molecule has 0 N–H and O–H groups in total. The van der Waals surface area contributed by atoms with Gasteiger partial charge in [-0.25, -0.2) is 0 Å². The molecule has 0 aromatic rings. The molecular formula is C11H24N2S. The maximum Gasteiger partial charge on any atom is 0.0448 e. The van der Waals surface area contributed by atoms with Crippen LogP contribution in [0.3, 0.4) is 0 Å². The first-order chi connectivity index (χ1) is 6.41. The first-order valence-corrected chi connectivity index (χ1v) is 5.96. The fraction of sp³-hybridized carbons (Fsp3) is 0.909. The minimum atomic E-state index is 0.169. The fourth-order valence-corrected chi connectivity index (χ4v) is 1.18. The number of hydrogen-bond donors (Lipinski definition) is 1. The van der Waals surface area contributed by atoms with Crippen molar-refractivity contribution in [3.63, 3.8) is 0 Å². The summed E-state index contributed by atoms with van der Waals surface area (Å²) in [5.41, 5.74) is 1.36. The minimum absolute atomic E-state index is 0.169. The van der Waals surface area contributed by atoms with Crippen LogP contribution in [0.1, 0.15) is 41.0 Å². The Kier molecular flexibility index (Phi) is 6.25. The highest BCUT2D eigenvalue weighted by molar-refractivity contribution is 7.80. The molecule has 2 nitrogen and oxygen atoms in total. The number of hydrogen-bond acceptors (Lipinski definition) is 3. The van der Waals surface area contributed by atoms with Gasteiger partial charge < -0.3 is 0 Å². The first-order valence-electron chi connectivity index (χ1n) is 5.33. The van der Waals surface area contributed by atoms with Crippen molar-refractivity contribution in [3.8, 4) is 0 Å². The Labute approximate surface area is 94.2 Å². The van der Waals surface area contributed by atoms with Gasteiger partial charge in [-0.05, 0) is 13.3 Å². The first kappa shape index (κ1) is 13.8. The Balaban J connectivity index is 4.38. The molecule has 14 heavy (non-hydrogen) atoms. The van der Waals surface area contributed by atoms with Crippen molar-refractivity contribution in [3.05, 3.63) is 0 Å². The average Bonchev–Trinajstić information content (AvgIpc) is 2.03. The van der Waals surface area contributed by atoms with Crippen LogP contribution in [0.25, 0.3) is 0 Å². The largest absolute Gasteiger partial charge is 0.296 e. The fourth-order valence-electron chi connectivity index (χ4n) is 0.947. The second-order valence-electron chi connectivity index (χ2n) is 4.61. The van der Waals surface area contributed by atoms with Gasteiger partial charge in [-0.15, -0.1) is 0 Å². The van der Waals surface area contributed by atoms with Gasteiger partial charge in [-0.1, -0.05) is 27.7 Å². The Morgan fingerprint density at radius 1 is 1.29 bits per heavy atom. The molecule has 0 rings (SSSR count). The molecule has 0 aliphatic heterocycles. The van der Waals surface area contributed by atoms with E-state index in [1.54, 1.807) is 0 Å². The van der Waals surface area contributed by atoms with E-state index in [2.05, 4.69) is 57.4 Å². The van der Waals surface area contributed by atoms with Gasteiger partial charge >= 0.3 is 0 Å². The summed E-state index contributed by atoms with van der Waals surface area (Å²) < 4.78 is 0. The van der Waals surface area contributed by atoms with E-state index in [1.165, 1.54) is 5.71 Å². The highest BCUT2D eigenvalue weighted by Crippen LogP contribution is 2.16. The predicted molar refractivity (Wildman–Crippen MR) is 68.3 cm³/mol. The molecule has 0 atom stereocenters. The minimum Gasteiger partial charge on any atom is -0.296 e. The molecule has 0 fully saturated rings. The third-order valence-electron chi connectivity index (χ3n) is 2.22. The molecular weight excluding hydrogens is 192 g/mol. The Morgan fingerprint density at radius 2 is 1.86 bits per heavy atom. The van der Waals surface area contributed by atoms with Gasteiger partial charge in [0, 0.05) is 30.0 Å². The molecule has 3 heteroatoms. The van der Waals surface area contributed by atoms with E-state index in [9.17, 15) is 0 Å². The maximum atomic E-state index is 4.63. The molecule has 0 heterocycles. The molecule has 0 aliphatic carbocycles. The molecule has 0 aromatic carbocycles. The second-order valence-corrected chi connectivity index (χ2v) is 5.06. The second kappa shape index (κ2) is 6.33. The van der Waals surface area contributed by atoms with E-state index in [-0.39, 0.29) is 5.41 Å². The molecule has 0 aromatic heterocycles. The number of nitrogens with zero attached hydrogens (tertiary/aromatic N) is 2. The quantitative estimate of drug-likeness (QED) is 0.424. The monoisotopic (exact) mass is 216 g/mol. The van der Waals surface area contributed by atoms with Crippen molar-refractivity contribution in [1.29, 1.82) is 0 Å². The van der Waals surface area contributed by atoms with E-state index in [0.717, 1.165) is 25.3 Å². The highest BCUT2D eigenvalue weighted by Gasteiger charge is 2.15. The van der Waals surface area contributed by atoms with Crippen LogP contribution in [0, 0.1) is 5.41 Å². The molecule has 0 radical (unpaired) electrons. The summed E-state index contributed by atoms with van der Waals surface area (Å²) in [5.74, 6) is 0.862. The van der Waals surface area contributed by atoms with Crippen molar-refractivity contribution >= 4 is 18.3 Å². The van der Waals surface area contributed by atoms with Gasteiger partial charge in [-0.2, -0.15) is 17.7 Å². The average molecular weight is 216 g/mol. The Bertz CT molecular complexity index is 176. The number of rotatable bonds is 5. The summed E-state index contributed by atoms with van der Waals surface area (Å²) in [6.07, 6.45) is 1.13. The molecule has 0 amide bonds. The van der Waals surface area contributed by atoms with Crippen molar-refractivity contribution in [2.24, 2.45) is 10.5 Å². The van der Waals surface area contributed by atoms with Crippen LogP contribution < -0.4 is 0 Å². The van der Waals surface area contributed by atoms with Crippen molar-refractivity contribution < 1.29 is 0 Å². The third kappa shape index (κ3) is 5.53. The summed E-state index contributed by atoms with van der Waals surface area (Å²) in [6.45, 7) is 12.8. The van der Waals surface area contributed by atoms with Crippen LogP contribution in [0.4, 0.5) is 0 Å². The number of hydrazone groups is 1. The lowest BCUT2D eigenvalue weighted by atomic mass is 9.91. The van der Waals surface area contributed by atoms with Crippen LogP contribution in [0.15, 0.2) is 5.10 Å². The zero-order valence-electron chi connectivity index (χ0n) is 10.2. The van der Waals surface area contributed by atoms with Crippen LogP contribution in [-0.4, -0.2) is 29.6 Å².